The lowest BCUT2D eigenvalue weighted by atomic mass is 10.3. The summed E-state index contributed by atoms with van der Waals surface area (Å²) >= 11 is 5.74. The summed E-state index contributed by atoms with van der Waals surface area (Å²) < 4.78 is 56.2. The van der Waals surface area contributed by atoms with Crippen LogP contribution in [0.25, 0.3) is 9.44 Å². The van der Waals surface area contributed by atoms with Crippen LogP contribution in [-0.2, 0) is 20.0 Å². The molecule has 27 heavy (non-hydrogen) atoms. The molecule has 8 nitrogen and oxygen atoms in total. The first-order valence-electron chi connectivity index (χ1n) is 7.35. The van der Waals surface area contributed by atoms with Gasteiger partial charge >= 0.3 is 0 Å². The maximum absolute atomic E-state index is 12.3. The fourth-order valence-corrected chi connectivity index (χ4v) is 3.98. The Balaban J connectivity index is 1.78. The first kappa shape index (κ1) is 19.1. The highest BCUT2D eigenvalue weighted by Crippen LogP contribution is 2.31. The third-order valence-electron chi connectivity index (χ3n) is 3.23. The van der Waals surface area contributed by atoms with Gasteiger partial charge in [0.25, 0.3) is 0 Å². The Morgan fingerprint density at radius 1 is 0.704 bits per heavy atom. The van der Waals surface area contributed by atoms with Crippen LogP contribution < -0.4 is 0 Å². The largest absolute Gasteiger partial charge is 0.573 e. The van der Waals surface area contributed by atoms with Crippen LogP contribution in [0.4, 0.5) is 11.6 Å². The molecule has 0 unspecified atom stereocenters. The van der Waals surface area contributed by atoms with Crippen molar-refractivity contribution in [1.29, 1.82) is 0 Å². The van der Waals surface area contributed by atoms with E-state index in [4.69, 9.17) is 11.6 Å². The zero-order valence-electron chi connectivity index (χ0n) is 13.5. The molecule has 0 aliphatic carbocycles. The number of benzene rings is 2. The predicted octanol–water partition coefficient (Wildman–Crippen LogP) is 3.92. The highest BCUT2D eigenvalue weighted by Gasteiger charge is 2.11. The second kappa shape index (κ2) is 7.51. The number of rotatable bonds is 6. The van der Waals surface area contributed by atoms with Crippen LogP contribution in [0.5, 0.6) is 0 Å². The molecule has 0 aliphatic heterocycles. The van der Waals surface area contributed by atoms with Gasteiger partial charge in [-0.3, -0.25) is 4.72 Å². The quantitative estimate of drug-likeness (QED) is 0.593. The summed E-state index contributed by atoms with van der Waals surface area (Å²) in [6, 6.07) is 12.0. The van der Waals surface area contributed by atoms with Crippen LogP contribution >= 0.6 is 11.6 Å². The number of sulfonamides is 2. The lowest BCUT2D eigenvalue weighted by Crippen LogP contribution is -2.00. The van der Waals surface area contributed by atoms with E-state index in [1.54, 1.807) is 0 Å². The highest BCUT2D eigenvalue weighted by atomic mass is 35.5. The van der Waals surface area contributed by atoms with Crippen molar-refractivity contribution in [2.24, 2.45) is 0 Å². The maximum atomic E-state index is 12.3. The smallest absolute Gasteiger partial charge is 0.229 e. The van der Waals surface area contributed by atoms with Gasteiger partial charge in [0.15, 0.2) is 0 Å². The average Bonchev–Trinajstić information content (AvgIpc) is 2.63. The summed E-state index contributed by atoms with van der Waals surface area (Å²) in [4.78, 5) is 7.29. The van der Waals surface area contributed by atoms with Gasteiger partial charge in [-0.15, -0.1) is 5.69 Å². The van der Waals surface area contributed by atoms with Crippen molar-refractivity contribution in [2.75, 3.05) is 0 Å². The van der Waals surface area contributed by atoms with Crippen LogP contribution in [0.2, 0.25) is 5.02 Å². The Morgan fingerprint density at radius 2 is 1.19 bits per heavy atom. The molecule has 0 N–H and O–H groups in total. The number of aromatic nitrogens is 2. The van der Waals surface area contributed by atoms with Crippen molar-refractivity contribution in [3.05, 3.63) is 81.5 Å². The van der Waals surface area contributed by atoms with E-state index in [2.05, 4.69) is 19.4 Å². The first-order valence-corrected chi connectivity index (χ1v) is 10.6. The molecular formula is C16H11ClN4O4S2-2. The monoisotopic (exact) mass is 422 g/mol. The van der Waals surface area contributed by atoms with Gasteiger partial charge in [-0.1, -0.05) is 29.8 Å². The molecule has 0 amide bonds. The second-order valence-corrected chi connectivity index (χ2v) is 8.77. The lowest BCUT2D eigenvalue weighted by molar-refractivity contribution is 0.602. The van der Waals surface area contributed by atoms with Gasteiger partial charge in [0.1, 0.15) is 10.0 Å². The van der Waals surface area contributed by atoms with E-state index in [1.807, 2.05) is 0 Å². The Kier molecular flexibility index (Phi) is 5.31. The molecule has 3 aromatic rings. The molecule has 0 bridgehead atoms. The van der Waals surface area contributed by atoms with Gasteiger partial charge in [-0.05, 0) is 48.8 Å². The zero-order valence-corrected chi connectivity index (χ0v) is 15.9. The molecule has 1 aromatic heterocycles. The molecule has 0 aliphatic rings. The van der Waals surface area contributed by atoms with E-state index in [0.29, 0.717) is 5.02 Å². The summed E-state index contributed by atoms with van der Waals surface area (Å²) in [5.74, 6) is -0.198. The van der Waals surface area contributed by atoms with E-state index in [-0.39, 0.29) is 21.4 Å². The van der Waals surface area contributed by atoms with Crippen molar-refractivity contribution in [2.45, 2.75) is 9.79 Å². The van der Waals surface area contributed by atoms with E-state index in [0.717, 1.165) is 0 Å². The number of nitrogens with zero attached hydrogens (tertiary/aromatic N) is 4. The van der Waals surface area contributed by atoms with E-state index in [1.165, 1.54) is 67.0 Å². The molecule has 0 saturated carbocycles. The second-order valence-electron chi connectivity index (χ2n) is 5.13. The van der Waals surface area contributed by atoms with Crippen LogP contribution in [0.3, 0.4) is 0 Å². The molecule has 0 radical (unpaired) electrons. The Hall–Kier alpha value is -2.69. The summed E-state index contributed by atoms with van der Waals surface area (Å²) in [7, 11) is -7.99. The van der Waals surface area contributed by atoms with E-state index >= 15 is 0 Å². The van der Waals surface area contributed by atoms with Crippen LogP contribution in [-0.4, -0.2) is 26.8 Å². The summed E-state index contributed by atoms with van der Waals surface area (Å²) in [6.45, 7) is 0. The van der Waals surface area contributed by atoms with Gasteiger partial charge in [-0.25, -0.2) is 16.8 Å². The van der Waals surface area contributed by atoms with Gasteiger partial charge in [0.2, 0.25) is 10.0 Å². The Labute approximate surface area is 161 Å². The minimum Gasteiger partial charge on any atom is -0.573 e. The van der Waals surface area contributed by atoms with E-state index in [9.17, 15) is 16.8 Å². The molecule has 0 spiro atoms. The standard InChI is InChI=1S/C16H11ClN4O4S2/c17-12-2-6-14(7-3-12)26(22,23)20-13-4-8-15(9-5-13)27(24,25)21-16-18-10-1-11-19-16/h1-11H/q-2. The molecule has 140 valence electrons. The topological polar surface area (TPSA) is 122 Å². The normalized spacial score (nSPS) is 11.7. The third kappa shape index (κ3) is 4.73. The molecule has 1 heterocycles. The van der Waals surface area contributed by atoms with Crippen LogP contribution in [0, 0.1) is 0 Å². The predicted molar refractivity (Wildman–Crippen MR) is 100 cm³/mol. The van der Waals surface area contributed by atoms with E-state index < -0.39 is 20.0 Å². The van der Waals surface area contributed by atoms with Crippen LogP contribution in [0.15, 0.2) is 76.8 Å². The Bertz CT molecular complexity index is 1140. The summed E-state index contributed by atoms with van der Waals surface area (Å²) in [5, 5.41) is 0.398. The van der Waals surface area contributed by atoms with Gasteiger partial charge in [0, 0.05) is 11.0 Å². The minimum atomic E-state index is -4.04. The molecule has 3 rings (SSSR count). The highest BCUT2D eigenvalue weighted by molar-refractivity contribution is 7.94. The third-order valence-corrected chi connectivity index (χ3v) is 6.07. The van der Waals surface area contributed by atoms with Crippen molar-refractivity contribution in [3.63, 3.8) is 0 Å². The van der Waals surface area contributed by atoms with Crippen molar-refractivity contribution in [3.8, 4) is 0 Å². The van der Waals surface area contributed by atoms with Crippen molar-refractivity contribution < 1.29 is 16.8 Å². The van der Waals surface area contributed by atoms with Gasteiger partial charge in [0.05, 0.1) is 9.79 Å². The molecule has 11 heteroatoms. The molecular weight excluding hydrogens is 412 g/mol. The molecule has 0 atom stereocenters. The maximum Gasteiger partial charge on any atom is 0.229 e. The molecule has 0 fully saturated rings. The van der Waals surface area contributed by atoms with Crippen LogP contribution in [0.1, 0.15) is 0 Å². The Morgan fingerprint density at radius 3 is 1.74 bits per heavy atom. The molecule has 0 saturated heterocycles. The fraction of sp³-hybridized carbons (Fsp3) is 0. The summed E-state index contributed by atoms with van der Waals surface area (Å²) in [5.41, 5.74) is 0.0693. The number of hydrogen-bond donors (Lipinski definition) is 0. The number of halogens is 1. The molecule has 2 aromatic carbocycles. The van der Waals surface area contributed by atoms with Crippen molar-refractivity contribution in [1.82, 2.24) is 9.97 Å². The average molecular weight is 423 g/mol. The SMILES string of the molecule is O=S(=O)([N-]c1ccc(S(=O)(=O)[N-]c2ncccn2)cc1)c1ccc(Cl)cc1. The minimum absolute atomic E-state index is 0.0279. The first-order chi connectivity index (χ1) is 12.8. The van der Waals surface area contributed by atoms with Gasteiger partial charge in [-0.2, -0.15) is 0 Å². The van der Waals surface area contributed by atoms with Gasteiger partial charge < -0.3 is 14.7 Å². The lowest BCUT2D eigenvalue weighted by Gasteiger charge is -2.22. The zero-order chi connectivity index (χ0) is 19.5. The van der Waals surface area contributed by atoms with Crippen molar-refractivity contribution >= 4 is 43.3 Å². The fourth-order valence-electron chi connectivity index (χ4n) is 1.98. The summed E-state index contributed by atoms with van der Waals surface area (Å²) in [6.07, 6.45) is 2.73. The number of hydrogen-bond acceptors (Lipinski definition) is 6.